The van der Waals surface area contributed by atoms with Gasteiger partial charge in [-0.3, -0.25) is 4.79 Å². The van der Waals surface area contributed by atoms with Crippen LogP contribution >= 0.6 is 0 Å². The van der Waals surface area contributed by atoms with Gasteiger partial charge in [0.05, 0.1) is 7.11 Å². The Bertz CT molecular complexity index is 606. The largest absolute Gasteiger partial charge is 0.467 e. The number of hydrogen-bond donors (Lipinski definition) is 2. The molecule has 0 fully saturated rings. The highest BCUT2D eigenvalue weighted by atomic mass is 16.5. The van der Waals surface area contributed by atoms with Crippen molar-refractivity contribution in [3.8, 4) is 0 Å². The van der Waals surface area contributed by atoms with E-state index in [9.17, 15) is 14.4 Å². The second-order valence-electron chi connectivity index (χ2n) is 6.75. The van der Waals surface area contributed by atoms with E-state index in [-0.39, 0.29) is 18.4 Å². The molecule has 1 rings (SSSR count). The quantitative estimate of drug-likeness (QED) is 0.421. The fraction of sp³-hybridized carbons (Fsp3) is 0.571. The van der Waals surface area contributed by atoms with Crippen molar-refractivity contribution in [1.29, 1.82) is 0 Å². The van der Waals surface area contributed by atoms with Crippen LogP contribution in [0.15, 0.2) is 30.3 Å². The van der Waals surface area contributed by atoms with E-state index in [1.54, 1.807) is 0 Å². The van der Waals surface area contributed by atoms with Crippen molar-refractivity contribution in [2.45, 2.75) is 58.6 Å². The van der Waals surface area contributed by atoms with Crippen molar-refractivity contribution >= 4 is 18.0 Å². The number of alkyl carbamates (subject to hydrolysis) is 1. The van der Waals surface area contributed by atoms with E-state index in [0.29, 0.717) is 19.4 Å². The lowest BCUT2D eigenvalue weighted by Crippen LogP contribution is -2.45. The predicted molar refractivity (Wildman–Crippen MR) is 106 cm³/mol. The standard InChI is InChI=1S/C21H32N2O5/c1-4-16(2)19(20(25)27-3)23-18(24)13-9-6-10-14-22-21(26)28-15-17-11-7-5-8-12-17/h5,7-8,11-12,16,19H,4,6,9-10,13-15H2,1-3H3,(H,22,26)(H,23,24)/t16-,19+/m0/s1. The van der Waals surface area contributed by atoms with Crippen LogP contribution in [0.2, 0.25) is 0 Å². The van der Waals surface area contributed by atoms with Crippen LogP contribution in [0.25, 0.3) is 0 Å². The maximum absolute atomic E-state index is 12.0. The van der Waals surface area contributed by atoms with E-state index in [4.69, 9.17) is 9.47 Å². The van der Waals surface area contributed by atoms with Crippen LogP contribution < -0.4 is 10.6 Å². The molecule has 1 aromatic carbocycles. The smallest absolute Gasteiger partial charge is 0.407 e. The summed E-state index contributed by atoms with van der Waals surface area (Å²) in [5, 5.41) is 5.45. The summed E-state index contributed by atoms with van der Waals surface area (Å²) in [5.41, 5.74) is 0.936. The zero-order valence-corrected chi connectivity index (χ0v) is 17.0. The number of ether oxygens (including phenoxy) is 2. The normalized spacial score (nSPS) is 12.5. The van der Waals surface area contributed by atoms with Crippen LogP contribution in [-0.2, 0) is 25.7 Å². The number of hydrogen-bond acceptors (Lipinski definition) is 5. The molecule has 7 heteroatoms. The van der Waals surface area contributed by atoms with Gasteiger partial charge >= 0.3 is 12.1 Å². The van der Waals surface area contributed by atoms with Crippen molar-refractivity contribution in [3.63, 3.8) is 0 Å². The lowest BCUT2D eigenvalue weighted by molar-refractivity contribution is -0.146. The summed E-state index contributed by atoms with van der Waals surface area (Å²) in [6.07, 6.45) is 2.88. The second-order valence-corrected chi connectivity index (χ2v) is 6.75. The number of nitrogens with one attached hydrogen (secondary N) is 2. The van der Waals surface area contributed by atoms with Crippen LogP contribution in [-0.4, -0.2) is 37.7 Å². The summed E-state index contributed by atoms with van der Waals surface area (Å²) in [7, 11) is 1.32. The molecule has 0 saturated heterocycles. The number of esters is 1. The van der Waals surface area contributed by atoms with Crippen molar-refractivity contribution in [2.24, 2.45) is 5.92 Å². The molecule has 2 atom stereocenters. The Morgan fingerprint density at radius 2 is 1.79 bits per heavy atom. The summed E-state index contributed by atoms with van der Waals surface area (Å²) in [5.74, 6) is -0.561. The van der Waals surface area contributed by atoms with E-state index >= 15 is 0 Å². The number of amides is 2. The number of methoxy groups -OCH3 is 1. The Morgan fingerprint density at radius 3 is 2.43 bits per heavy atom. The van der Waals surface area contributed by atoms with Gasteiger partial charge in [0, 0.05) is 13.0 Å². The first-order valence-electron chi connectivity index (χ1n) is 9.79. The molecule has 0 saturated carbocycles. The Hall–Kier alpha value is -2.57. The minimum Gasteiger partial charge on any atom is -0.467 e. The molecule has 0 spiro atoms. The number of benzene rings is 1. The summed E-state index contributed by atoms with van der Waals surface area (Å²) < 4.78 is 9.88. The van der Waals surface area contributed by atoms with Crippen LogP contribution in [0, 0.1) is 5.92 Å². The molecule has 0 unspecified atom stereocenters. The Morgan fingerprint density at radius 1 is 1.07 bits per heavy atom. The summed E-state index contributed by atoms with van der Waals surface area (Å²) in [4.78, 5) is 35.4. The molecule has 1 aromatic rings. The van der Waals surface area contributed by atoms with E-state index < -0.39 is 18.1 Å². The molecule has 0 aliphatic rings. The topological polar surface area (TPSA) is 93.7 Å². The summed E-state index contributed by atoms with van der Waals surface area (Å²) in [6.45, 7) is 4.60. The molecule has 156 valence electrons. The van der Waals surface area contributed by atoms with Crippen molar-refractivity contribution in [2.75, 3.05) is 13.7 Å². The molecule has 7 nitrogen and oxygen atoms in total. The zero-order valence-electron chi connectivity index (χ0n) is 17.0. The van der Waals surface area contributed by atoms with Gasteiger partial charge in [0.15, 0.2) is 0 Å². The molecule has 0 aliphatic carbocycles. The maximum atomic E-state index is 12.0. The predicted octanol–water partition coefficient (Wildman–Crippen LogP) is 3.18. The molecule has 0 radical (unpaired) electrons. The van der Waals surface area contributed by atoms with Gasteiger partial charge in [-0.15, -0.1) is 0 Å². The SMILES string of the molecule is CC[C@H](C)[C@@H](NC(=O)CCCCCNC(=O)OCc1ccccc1)C(=O)OC. The van der Waals surface area contributed by atoms with Gasteiger partial charge in [-0.25, -0.2) is 9.59 Å². The van der Waals surface area contributed by atoms with Crippen LogP contribution in [0.1, 0.15) is 51.5 Å². The molecule has 0 aromatic heterocycles. The molecule has 0 aliphatic heterocycles. The first-order chi connectivity index (χ1) is 13.5. The molecular weight excluding hydrogens is 360 g/mol. The lowest BCUT2D eigenvalue weighted by Gasteiger charge is -2.21. The van der Waals surface area contributed by atoms with Gasteiger partial charge in [-0.2, -0.15) is 0 Å². The van der Waals surface area contributed by atoms with Gasteiger partial charge in [0.25, 0.3) is 0 Å². The van der Waals surface area contributed by atoms with Gasteiger partial charge < -0.3 is 20.1 Å². The number of unbranched alkanes of at least 4 members (excludes halogenated alkanes) is 2. The van der Waals surface area contributed by atoms with E-state index in [1.165, 1.54) is 7.11 Å². The summed E-state index contributed by atoms with van der Waals surface area (Å²) >= 11 is 0. The molecule has 0 bridgehead atoms. The van der Waals surface area contributed by atoms with E-state index in [2.05, 4.69) is 10.6 Å². The monoisotopic (exact) mass is 392 g/mol. The third-order valence-corrected chi connectivity index (χ3v) is 4.55. The van der Waals surface area contributed by atoms with Gasteiger partial charge in [-0.1, -0.05) is 57.0 Å². The number of carbonyl (C=O) groups excluding carboxylic acids is 3. The Balaban J connectivity index is 2.13. The number of rotatable bonds is 12. The third kappa shape index (κ3) is 9.39. The maximum Gasteiger partial charge on any atom is 0.407 e. The van der Waals surface area contributed by atoms with Crippen molar-refractivity contribution < 1.29 is 23.9 Å². The Kier molecular flexibility index (Phi) is 11.4. The number of carbonyl (C=O) groups is 3. The van der Waals surface area contributed by atoms with Gasteiger partial charge in [-0.05, 0) is 24.3 Å². The average molecular weight is 392 g/mol. The fourth-order valence-corrected chi connectivity index (χ4v) is 2.59. The zero-order chi connectivity index (χ0) is 20.8. The van der Waals surface area contributed by atoms with Crippen LogP contribution in [0.4, 0.5) is 4.79 Å². The first-order valence-corrected chi connectivity index (χ1v) is 9.79. The van der Waals surface area contributed by atoms with Gasteiger partial charge in [0.1, 0.15) is 12.6 Å². The van der Waals surface area contributed by atoms with Crippen molar-refractivity contribution in [1.82, 2.24) is 10.6 Å². The molecular formula is C21H32N2O5. The minimum absolute atomic E-state index is 0.0162. The van der Waals surface area contributed by atoms with Crippen molar-refractivity contribution in [3.05, 3.63) is 35.9 Å². The first kappa shape index (κ1) is 23.5. The molecule has 2 amide bonds. The average Bonchev–Trinajstić information content (AvgIpc) is 2.72. The highest BCUT2D eigenvalue weighted by Gasteiger charge is 2.26. The molecule has 28 heavy (non-hydrogen) atoms. The van der Waals surface area contributed by atoms with Crippen LogP contribution in [0.3, 0.4) is 0 Å². The molecule has 0 heterocycles. The Labute approximate surface area is 167 Å². The summed E-state index contributed by atoms with van der Waals surface area (Å²) in [6, 6.07) is 8.87. The van der Waals surface area contributed by atoms with E-state index in [1.807, 2.05) is 44.2 Å². The second kappa shape index (κ2) is 13.6. The highest BCUT2D eigenvalue weighted by Crippen LogP contribution is 2.10. The lowest BCUT2D eigenvalue weighted by atomic mass is 9.99. The highest BCUT2D eigenvalue weighted by molar-refractivity contribution is 5.84. The fourth-order valence-electron chi connectivity index (χ4n) is 2.59. The molecule has 2 N–H and O–H groups in total. The third-order valence-electron chi connectivity index (χ3n) is 4.55. The van der Waals surface area contributed by atoms with Crippen LogP contribution in [0.5, 0.6) is 0 Å². The van der Waals surface area contributed by atoms with Gasteiger partial charge in [0.2, 0.25) is 5.91 Å². The van der Waals surface area contributed by atoms with E-state index in [0.717, 1.165) is 24.8 Å². The minimum atomic E-state index is -0.608.